The number of anilines is 1. The molecule has 180 valence electrons. The van der Waals surface area contributed by atoms with E-state index in [0.717, 1.165) is 25.7 Å². The minimum Gasteiger partial charge on any atom is -0.337 e. The van der Waals surface area contributed by atoms with Crippen LogP contribution in [0.5, 0.6) is 0 Å². The molecule has 0 fully saturated rings. The number of unbranched alkanes of at least 4 members (excludes halogenated alkanes) is 10. The molecule has 0 saturated heterocycles. The third kappa shape index (κ3) is 8.48. The molecule has 0 unspecified atom stereocenters. The molecule has 2 rings (SSSR count). The summed E-state index contributed by atoms with van der Waals surface area (Å²) in [5.41, 5.74) is -1.41. The van der Waals surface area contributed by atoms with Crippen molar-refractivity contribution in [2.24, 2.45) is 0 Å². The zero-order chi connectivity index (χ0) is 23.5. The van der Waals surface area contributed by atoms with E-state index in [2.05, 4.69) is 16.8 Å². The average Bonchev–Trinajstić information content (AvgIpc) is 3.15. The van der Waals surface area contributed by atoms with Crippen LogP contribution in [0.1, 0.15) is 88.8 Å². The minimum atomic E-state index is -4.72. The molecular formula is C23H33F3N2O3S. The van der Waals surface area contributed by atoms with E-state index in [1.165, 1.54) is 62.8 Å². The zero-order valence-corrected chi connectivity index (χ0v) is 19.4. The lowest BCUT2D eigenvalue weighted by Crippen LogP contribution is -2.15. The van der Waals surface area contributed by atoms with Crippen LogP contribution < -0.4 is 4.72 Å². The first kappa shape index (κ1) is 26.2. The number of halogens is 3. The maximum atomic E-state index is 13.3. The molecule has 1 N–H and O–H groups in total. The van der Waals surface area contributed by atoms with Gasteiger partial charge in [-0.2, -0.15) is 13.2 Å². The van der Waals surface area contributed by atoms with Gasteiger partial charge in [-0.1, -0.05) is 94.5 Å². The number of sulfonamides is 1. The highest BCUT2D eigenvalue weighted by molar-refractivity contribution is 7.92. The van der Waals surface area contributed by atoms with Gasteiger partial charge < -0.3 is 4.52 Å². The van der Waals surface area contributed by atoms with Crippen LogP contribution in [0.3, 0.4) is 0 Å². The Labute approximate surface area is 188 Å². The van der Waals surface area contributed by atoms with Crippen LogP contribution in [0.2, 0.25) is 0 Å². The summed E-state index contributed by atoms with van der Waals surface area (Å²) >= 11 is 0. The summed E-state index contributed by atoms with van der Waals surface area (Å²) in [5, 5.41) is 3.11. The summed E-state index contributed by atoms with van der Waals surface area (Å²) in [7, 11) is -4.07. The van der Waals surface area contributed by atoms with Crippen molar-refractivity contribution in [1.29, 1.82) is 0 Å². The van der Waals surface area contributed by atoms with Gasteiger partial charge in [-0.25, -0.2) is 13.1 Å². The third-order valence-electron chi connectivity index (χ3n) is 5.37. The molecule has 5 nitrogen and oxygen atoms in total. The van der Waals surface area contributed by atoms with Crippen molar-refractivity contribution in [2.75, 3.05) is 4.72 Å². The summed E-state index contributed by atoms with van der Waals surface area (Å²) < 4.78 is 71.9. The van der Waals surface area contributed by atoms with E-state index in [0.29, 0.717) is 6.42 Å². The lowest BCUT2D eigenvalue weighted by atomic mass is 10.0. The van der Waals surface area contributed by atoms with Crippen molar-refractivity contribution in [2.45, 2.75) is 95.0 Å². The Morgan fingerprint density at radius 3 is 1.94 bits per heavy atom. The molecule has 1 aromatic heterocycles. The highest BCUT2D eigenvalue weighted by Crippen LogP contribution is 2.36. The molecule has 2 aromatic rings. The number of alkyl halides is 3. The van der Waals surface area contributed by atoms with Crippen LogP contribution in [0.15, 0.2) is 39.8 Å². The molecule has 0 bridgehead atoms. The van der Waals surface area contributed by atoms with Crippen LogP contribution in [0.4, 0.5) is 19.1 Å². The molecule has 0 aliphatic rings. The van der Waals surface area contributed by atoms with Crippen molar-refractivity contribution in [3.05, 3.63) is 41.6 Å². The first-order valence-electron chi connectivity index (χ1n) is 11.4. The van der Waals surface area contributed by atoms with Crippen molar-refractivity contribution >= 4 is 15.9 Å². The summed E-state index contributed by atoms with van der Waals surface area (Å²) in [6.07, 6.45) is 7.22. The molecule has 0 aliphatic carbocycles. The van der Waals surface area contributed by atoms with E-state index in [1.54, 1.807) is 6.07 Å². The highest BCUT2D eigenvalue weighted by Gasteiger charge is 2.39. The van der Waals surface area contributed by atoms with Crippen LogP contribution in [0.25, 0.3) is 0 Å². The van der Waals surface area contributed by atoms with Crippen LogP contribution >= 0.6 is 0 Å². The number of hydrogen-bond donors (Lipinski definition) is 1. The number of hydrogen-bond acceptors (Lipinski definition) is 4. The summed E-state index contributed by atoms with van der Waals surface area (Å²) in [4.78, 5) is -0.0643. The Morgan fingerprint density at radius 2 is 1.41 bits per heavy atom. The quantitative estimate of drug-likeness (QED) is 0.274. The van der Waals surface area contributed by atoms with Crippen molar-refractivity contribution in [3.8, 4) is 0 Å². The molecular weight excluding hydrogens is 441 g/mol. The molecule has 0 saturated carbocycles. The topological polar surface area (TPSA) is 72.2 Å². The molecule has 1 aromatic carbocycles. The maximum absolute atomic E-state index is 13.3. The van der Waals surface area contributed by atoms with E-state index in [9.17, 15) is 21.6 Å². The second kappa shape index (κ2) is 12.9. The molecule has 0 aliphatic heterocycles. The fourth-order valence-corrected chi connectivity index (χ4v) is 4.63. The van der Waals surface area contributed by atoms with Gasteiger partial charge in [0.2, 0.25) is 5.88 Å². The number of rotatable bonds is 15. The lowest BCUT2D eigenvalue weighted by Gasteiger charge is -2.09. The lowest BCUT2D eigenvalue weighted by molar-refractivity contribution is -0.143. The van der Waals surface area contributed by atoms with Gasteiger partial charge >= 0.3 is 6.18 Å². The van der Waals surface area contributed by atoms with Crippen LogP contribution in [0, 0.1) is 0 Å². The van der Waals surface area contributed by atoms with Gasteiger partial charge in [0.1, 0.15) is 0 Å². The fourth-order valence-electron chi connectivity index (χ4n) is 3.59. The molecule has 0 atom stereocenters. The highest BCUT2D eigenvalue weighted by atomic mass is 32.2. The Balaban J connectivity index is 1.88. The van der Waals surface area contributed by atoms with Gasteiger partial charge in [-0.05, 0) is 25.0 Å². The Hall–Kier alpha value is -2.03. The van der Waals surface area contributed by atoms with Crippen LogP contribution in [-0.2, 0) is 22.6 Å². The predicted octanol–water partition coefficient (Wildman–Crippen LogP) is 7.35. The molecule has 9 heteroatoms. The van der Waals surface area contributed by atoms with Gasteiger partial charge in [-0.3, -0.25) is 0 Å². The number of nitrogens with zero attached hydrogens (tertiary/aromatic N) is 1. The van der Waals surface area contributed by atoms with Gasteiger partial charge in [0.05, 0.1) is 10.5 Å². The summed E-state index contributed by atoms with van der Waals surface area (Å²) in [5.74, 6) is -0.465. The van der Waals surface area contributed by atoms with Gasteiger partial charge in [0.25, 0.3) is 10.0 Å². The van der Waals surface area contributed by atoms with Gasteiger partial charge in [0, 0.05) is 0 Å². The number of aromatic nitrogens is 1. The molecule has 0 radical (unpaired) electrons. The predicted molar refractivity (Wildman–Crippen MR) is 119 cm³/mol. The second-order valence-corrected chi connectivity index (χ2v) is 9.72. The summed E-state index contributed by atoms with van der Waals surface area (Å²) in [6, 6.07) is 7.41. The number of nitrogens with one attached hydrogen (secondary N) is 1. The third-order valence-corrected chi connectivity index (χ3v) is 6.71. The monoisotopic (exact) mass is 474 g/mol. The van der Waals surface area contributed by atoms with E-state index in [1.807, 2.05) is 0 Å². The van der Waals surface area contributed by atoms with E-state index < -0.39 is 27.8 Å². The fraction of sp³-hybridized carbons (Fsp3) is 0.609. The maximum Gasteiger partial charge on any atom is 0.437 e. The molecule has 32 heavy (non-hydrogen) atoms. The van der Waals surface area contributed by atoms with Crippen molar-refractivity contribution in [1.82, 2.24) is 5.16 Å². The van der Waals surface area contributed by atoms with Gasteiger partial charge in [0.15, 0.2) is 5.69 Å². The average molecular weight is 475 g/mol. The van der Waals surface area contributed by atoms with E-state index in [4.69, 9.17) is 4.52 Å². The summed E-state index contributed by atoms with van der Waals surface area (Å²) in [6.45, 7) is 2.19. The zero-order valence-electron chi connectivity index (χ0n) is 18.6. The SMILES string of the molecule is CCCCCCCCCCCCCc1c(C(F)(F)F)noc1NS(=O)(=O)c1ccccc1. The minimum absolute atomic E-state index is 0.0437. The number of benzene rings is 1. The van der Waals surface area contributed by atoms with Crippen molar-refractivity contribution < 1.29 is 26.1 Å². The first-order chi connectivity index (χ1) is 15.3. The van der Waals surface area contributed by atoms with Gasteiger partial charge in [-0.15, -0.1) is 0 Å². The second-order valence-electron chi connectivity index (χ2n) is 8.04. The molecule has 0 spiro atoms. The van der Waals surface area contributed by atoms with E-state index >= 15 is 0 Å². The van der Waals surface area contributed by atoms with E-state index in [-0.39, 0.29) is 16.9 Å². The Morgan fingerprint density at radius 1 is 0.875 bits per heavy atom. The smallest absolute Gasteiger partial charge is 0.337 e. The standard InChI is InChI=1S/C23H33F3N2O3S/c1-2-3-4-5-6-7-8-9-10-11-15-18-20-21(23(24,25)26)27-31-22(20)28-32(29,30)19-16-13-12-14-17-19/h12-14,16-17,28H,2-11,15,18H2,1H3. The first-order valence-corrected chi connectivity index (χ1v) is 12.9. The Kier molecular flexibility index (Phi) is 10.5. The molecule has 0 amide bonds. The van der Waals surface area contributed by atoms with Crippen molar-refractivity contribution in [3.63, 3.8) is 0 Å². The largest absolute Gasteiger partial charge is 0.437 e. The van der Waals surface area contributed by atoms with Crippen LogP contribution in [-0.4, -0.2) is 13.6 Å². The molecule has 1 heterocycles. The Bertz CT molecular complexity index is 897. The normalized spacial score (nSPS) is 12.2.